The molecule has 0 spiro atoms. The van der Waals surface area contributed by atoms with Gasteiger partial charge >= 0.3 is 0 Å². The molecule has 0 unspecified atom stereocenters. The summed E-state index contributed by atoms with van der Waals surface area (Å²) < 4.78 is 0. The van der Waals surface area contributed by atoms with E-state index in [9.17, 15) is 0 Å². The Morgan fingerprint density at radius 2 is 2.06 bits per heavy atom. The summed E-state index contributed by atoms with van der Waals surface area (Å²) in [5.74, 6) is 0. The van der Waals surface area contributed by atoms with Crippen LogP contribution in [0.3, 0.4) is 0 Å². The molecule has 0 saturated heterocycles. The minimum absolute atomic E-state index is 0.297. The van der Waals surface area contributed by atoms with E-state index < -0.39 is 0 Å². The smallest absolute Gasteiger partial charge is 0.0437 e. The summed E-state index contributed by atoms with van der Waals surface area (Å²) in [4.78, 5) is 0. The molecular formula is C15H19N3. The standard InChI is InChI=1S/C15H19N3/c1-4-5-13(9-16)12-6-7-14(10-17)15(8-12)18-11(2)3/h4-11,16-18H,1H2,2-3H3/b13-5+,16-9?,17-10?. The van der Waals surface area contributed by atoms with E-state index >= 15 is 0 Å². The van der Waals surface area contributed by atoms with Crippen molar-refractivity contribution in [1.82, 2.24) is 0 Å². The lowest BCUT2D eigenvalue weighted by Gasteiger charge is -2.14. The highest BCUT2D eigenvalue weighted by Crippen LogP contribution is 2.21. The van der Waals surface area contributed by atoms with Gasteiger partial charge in [-0.2, -0.15) is 0 Å². The minimum atomic E-state index is 0.297. The highest BCUT2D eigenvalue weighted by Gasteiger charge is 2.05. The molecule has 0 aliphatic rings. The van der Waals surface area contributed by atoms with Gasteiger partial charge < -0.3 is 16.1 Å². The Morgan fingerprint density at radius 1 is 1.33 bits per heavy atom. The molecule has 0 atom stereocenters. The average molecular weight is 241 g/mol. The maximum atomic E-state index is 7.40. The van der Waals surface area contributed by atoms with Crippen molar-refractivity contribution in [2.24, 2.45) is 0 Å². The largest absolute Gasteiger partial charge is 0.382 e. The van der Waals surface area contributed by atoms with Gasteiger partial charge in [-0.25, -0.2) is 0 Å². The lowest BCUT2D eigenvalue weighted by atomic mass is 10.0. The summed E-state index contributed by atoms with van der Waals surface area (Å²) in [6.07, 6.45) is 6.10. The highest BCUT2D eigenvalue weighted by atomic mass is 14.9. The van der Waals surface area contributed by atoms with Gasteiger partial charge in [-0.15, -0.1) is 0 Å². The molecule has 0 fully saturated rings. The zero-order valence-electron chi connectivity index (χ0n) is 10.8. The van der Waals surface area contributed by atoms with Gasteiger partial charge in [-0.1, -0.05) is 30.9 Å². The molecule has 0 heterocycles. The fraction of sp³-hybridized carbons (Fsp3) is 0.200. The molecule has 0 radical (unpaired) electrons. The van der Waals surface area contributed by atoms with Crippen LogP contribution in [0.15, 0.2) is 36.9 Å². The molecule has 1 aromatic carbocycles. The molecule has 1 rings (SSSR count). The fourth-order valence-electron chi connectivity index (χ4n) is 1.65. The Hall–Kier alpha value is -2.16. The molecular weight excluding hydrogens is 222 g/mol. The van der Waals surface area contributed by atoms with E-state index in [0.29, 0.717) is 6.04 Å². The van der Waals surface area contributed by atoms with E-state index in [2.05, 4.69) is 25.7 Å². The lowest BCUT2D eigenvalue weighted by Crippen LogP contribution is -2.11. The molecule has 0 aliphatic carbocycles. The second-order valence-corrected chi connectivity index (χ2v) is 4.25. The molecule has 0 bridgehead atoms. The van der Waals surface area contributed by atoms with E-state index in [-0.39, 0.29) is 0 Å². The quantitative estimate of drug-likeness (QED) is 0.516. The Morgan fingerprint density at radius 3 is 2.56 bits per heavy atom. The predicted octanol–water partition coefficient (Wildman–Crippen LogP) is 3.72. The van der Waals surface area contributed by atoms with Crippen LogP contribution in [0.4, 0.5) is 5.69 Å². The number of hydrogen-bond acceptors (Lipinski definition) is 3. The van der Waals surface area contributed by atoms with Gasteiger partial charge in [0.2, 0.25) is 0 Å². The van der Waals surface area contributed by atoms with Crippen LogP contribution >= 0.6 is 0 Å². The van der Waals surface area contributed by atoms with Crippen molar-refractivity contribution in [3.8, 4) is 0 Å². The summed E-state index contributed by atoms with van der Waals surface area (Å²) in [6.45, 7) is 7.75. The molecule has 3 nitrogen and oxygen atoms in total. The van der Waals surface area contributed by atoms with Crippen molar-refractivity contribution in [2.45, 2.75) is 19.9 Å². The van der Waals surface area contributed by atoms with Gasteiger partial charge in [0.1, 0.15) is 0 Å². The van der Waals surface area contributed by atoms with Crippen LogP contribution in [-0.4, -0.2) is 18.5 Å². The summed E-state index contributed by atoms with van der Waals surface area (Å²) in [5, 5.41) is 18.1. The second kappa shape index (κ2) is 6.55. The topological polar surface area (TPSA) is 59.7 Å². The van der Waals surface area contributed by atoms with E-state index in [1.807, 2.05) is 18.2 Å². The van der Waals surface area contributed by atoms with Crippen molar-refractivity contribution < 1.29 is 0 Å². The van der Waals surface area contributed by atoms with Crippen LogP contribution in [0, 0.1) is 10.8 Å². The van der Waals surface area contributed by atoms with Gasteiger partial charge in [0, 0.05) is 29.7 Å². The highest BCUT2D eigenvalue weighted by molar-refractivity contribution is 6.09. The first-order valence-corrected chi connectivity index (χ1v) is 5.87. The third-order valence-corrected chi connectivity index (χ3v) is 2.44. The average Bonchev–Trinajstić information content (AvgIpc) is 2.35. The number of hydrogen-bond donors (Lipinski definition) is 3. The normalized spacial score (nSPS) is 11.2. The SMILES string of the molecule is C=C/C=C(\C=N)c1ccc(C=N)c(NC(C)C)c1. The van der Waals surface area contributed by atoms with E-state index in [1.54, 1.807) is 12.2 Å². The van der Waals surface area contributed by atoms with Crippen LogP contribution in [0.5, 0.6) is 0 Å². The monoisotopic (exact) mass is 241 g/mol. The van der Waals surface area contributed by atoms with Crippen LogP contribution in [0.1, 0.15) is 25.0 Å². The molecule has 0 aromatic heterocycles. The number of anilines is 1. The van der Waals surface area contributed by atoms with Gasteiger partial charge in [-0.05, 0) is 31.1 Å². The van der Waals surface area contributed by atoms with Crippen molar-refractivity contribution in [3.05, 3.63) is 48.1 Å². The lowest BCUT2D eigenvalue weighted by molar-refractivity contribution is 0.899. The molecule has 0 aliphatic heterocycles. The molecule has 0 saturated carbocycles. The van der Waals surface area contributed by atoms with Crippen LogP contribution in [-0.2, 0) is 0 Å². The molecule has 3 heteroatoms. The maximum absolute atomic E-state index is 7.40. The summed E-state index contributed by atoms with van der Waals surface area (Å²) >= 11 is 0. The number of allylic oxidation sites excluding steroid dienone is 3. The first-order chi connectivity index (χ1) is 8.62. The maximum Gasteiger partial charge on any atom is 0.0437 e. The Balaban J connectivity index is 3.24. The van der Waals surface area contributed by atoms with Gasteiger partial charge in [0.15, 0.2) is 0 Å². The molecule has 94 valence electrons. The van der Waals surface area contributed by atoms with Crippen molar-refractivity contribution in [2.75, 3.05) is 5.32 Å². The van der Waals surface area contributed by atoms with Crippen molar-refractivity contribution in [1.29, 1.82) is 10.8 Å². The van der Waals surface area contributed by atoms with Crippen molar-refractivity contribution >= 4 is 23.7 Å². The van der Waals surface area contributed by atoms with Crippen LogP contribution in [0.2, 0.25) is 0 Å². The van der Waals surface area contributed by atoms with Gasteiger partial charge in [-0.3, -0.25) is 0 Å². The summed E-state index contributed by atoms with van der Waals surface area (Å²) in [5.41, 5.74) is 3.50. The number of nitrogens with one attached hydrogen (secondary N) is 3. The zero-order chi connectivity index (χ0) is 13.5. The van der Waals surface area contributed by atoms with Crippen LogP contribution < -0.4 is 5.32 Å². The van der Waals surface area contributed by atoms with Gasteiger partial charge in [0.25, 0.3) is 0 Å². The molecule has 1 aromatic rings. The fourth-order valence-corrected chi connectivity index (χ4v) is 1.65. The predicted molar refractivity (Wildman–Crippen MR) is 80.0 cm³/mol. The third-order valence-electron chi connectivity index (χ3n) is 2.44. The molecule has 0 amide bonds. The minimum Gasteiger partial charge on any atom is -0.382 e. The Kier molecular flexibility index (Phi) is 5.06. The first kappa shape index (κ1) is 13.9. The zero-order valence-corrected chi connectivity index (χ0v) is 10.8. The summed E-state index contributed by atoms with van der Waals surface area (Å²) in [7, 11) is 0. The van der Waals surface area contributed by atoms with E-state index in [4.69, 9.17) is 10.8 Å². The first-order valence-electron chi connectivity index (χ1n) is 5.87. The Labute approximate surface area is 108 Å². The van der Waals surface area contributed by atoms with Gasteiger partial charge in [0.05, 0.1) is 0 Å². The van der Waals surface area contributed by atoms with Crippen LogP contribution in [0.25, 0.3) is 5.57 Å². The third kappa shape index (κ3) is 3.42. The number of benzene rings is 1. The second-order valence-electron chi connectivity index (χ2n) is 4.25. The molecule has 3 N–H and O–H groups in total. The van der Waals surface area contributed by atoms with E-state index in [0.717, 1.165) is 22.4 Å². The van der Waals surface area contributed by atoms with E-state index in [1.165, 1.54) is 12.4 Å². The Bertz CT molecular complexity index is 485. The number of rotatable bonds is 6. The summed E-state index contributed by atoms with van der Waals surface area (Å²) in [6, 6.07) is 6.05. The molecule has 18 heavy (non-hydrogen) atoms. The van der Waals surface area contributed by atoms with Crippen molar-refractivity contribution in [3.63, 3.8) is 0 Å².